The molecule has 1 heterocycles. The van der Waals surface area contributed by atoms with E-state index in [9.17, 15) is 4.79 Å². The summed E-state index contributed by atoms with van der Waals surface area (Å²) in [6.45, 7) is 2.01. The summed E-state index contributed by atoms with van der Waals surface area (Å²) in [5.74, 6) is 1.72. The second-order valence-electron chi connectivity index (χ2n) is 6.39. The molecule has 1 amide bonds. The maximum atomic E-state index is 11.2. The molecule has 23 heavy (non-hydrogen) atoms. The normalized spacial score (nSPS) is 15.9. The molecule has 6 nitrogen and oxygen atoms in total. The minimum Gasteiger partial charge on any atom is -0.399 e. The molecule has 1 saturated carbocycles. The molecule has 1 unspecified atom stereocenters. The molecular weight excluding hydrogens is 290 g/mol. The molecule has 122 valence electrons. The lowest BCUT2D eigenvalue weighted by Gasteiger charge is -2.33. The number of rotatable bonds is 5. The Kier molecular flexibility index (Phi) is 4.32. The SMILES string of the molecule is CC(=O)NCc1cc(N)cc(C(c2nncn2C)C2CCC2)c1. The van der Waals surface area contributed by atoms with Crippen LogP contribution in [-0.4, -0.2) is 20.7 Å². The van der Waals surface area contributed by atoms with Crippen molar-refractivity contribution in [3.63, 3.8) is 0 Å². The highest BCUT2D eigenvalue weighted by Gasteiger charge is 2.33. The number of hydrogen-bond acceptors (Lipinski definition) is 4. The fourth-order valence-corrected chi connectivity index (χ4v) is 3.23. The van der Waals surface area contributed by atoms with Crippen LogP contribution in [0.2, 0.25) is 0 Å². The minimum atomic E-state index is -0.0437. The van der Waals surface area contributed by atoms with Gasteiger partial charge in [0.2, 0.25) is 5.91 Å². The van der Waals surface area contributed by atoms with Gasteiger partial charge in [-0.3, -0.25) is 4.79 Å². The molecule has 1 atom stereocenters. The van der Waals surface area contributed by atoms with Crippen LogP contribution in [0.1, 0.15) is 49.1 Å². The van der Waals surface area contributed by atoms with Crippen molar-refractivity contribution in [3.8, 4) is 0 Å². The van der Waals surface area contributed by atoms with Gasteiger partial charge in [0.1, 0.15) is 12.2 Å². The maximum absolute atomic E-state index is 11.2. The number of amides is 1. The first kappa shape index (κ1) is 15.5. The van der Waals surface area contributed by atoms with Crippen molar-refractivity contribution >= 4 is 11.6 Å². The highest BCUT2D eigenvalue weighted by atomic mass is 16.1. The Hall–Kier alpha value is -2.37. The van der Waals surface area contributed by atoms with E-state index in [1.54, 1.807) is 6.33 Å². The van der Waals surface area contributed by atoms with E-state index in [1.165, 1.54) is 26.2 Å². The van der Waals surface area contributed by atoms with Gasteiger partial charge in [0.25, 0.3) is 0 Å². The number of anilines is 1. The molecule has 1 aromatic carbocycles. The average Bonchev–Trinajstić information content (AvgIpc) is 2.85. The predicted molar refractivity (Wildman–Crippen MR) is 88.6 cm³/mol. The molecule has 0 bridgehead atoms. The Morgan fingerprint density at radius 1 is 1.43 bits per heavy atom. The highest BCUT2D eigenvalue weighted by molar-refractivity contribution is 5.72. The van der Waals surface area contributed by atoms with Crippen molar-refractivity contribution in [1.29, 1.82) is 0 Å². The van der Waals surface area contributed by atoms with Crippen molar-refractivity contribution in [2.75, 3.05) is 5.73 Å². The van der Waals surface area contributed by atoms with Crippen molar-refractivity contribution in [1.82, 2.24) is 20.1 Å². The van der Waals surface area contributed by atoms with Crippen molar-refractivity contribution < 1.29 is 4.79 Å². The summed E-state index contributed by atoms with van der Waals surface area (Å²) in [6.07, 6.45) is 5.41. The van der Waals surface area contributed by atoms with E-state index in [-0.39, 0.29) is 11.8 Å². The summed E-state index contributed by atoms with van der Waals surface area (Å²) in [5, 5.41) is 11.2. The Morgan fingerprint density at radius 2 is 2.22 bits per heavy atom. The van der Waals surface area contributed by atoms with Gasteiger partial charge >= 0.3 is 0 Å². The first-order valence-electron chi connectivity index (χ1n) is 8.02. The van der Waals surface area contributed by atoms with Gasteiger partial charge in [0, 0.05) is 32.1 Å². The molecule has 3 N–H and O–H groups in total. The third kappa shape index (κ3) is 3.36. The van der Waals surface area contributed by atoms with Crippen LogP contribution in [0, 0.1) is 5.92 Å². The molecule has 0 spiro atoms. The maximum Gasteiger partial charge on any atom is 0.217 e. The van der Waals surface area contributed by atoms with Crippen LogP contribution in [0.25, 0.3) is 0 Å². The lowest BCUT2D eigenvalue weighted by molar-refractivity contribution is -0.119. The van der Waals surface area contributed by atoms with Gasteiger partial charge in [-0.25, -0.2) is 0 Å². The number of nitrogens with one attached hydrogen (secondary N) is 1. The van der Waals surface area contributed by atoms with Crippen molar-refractivity contribution in [3.05, 3.63) is 41.5 Å². The first-order chi connectivity index (χ1) is 11.0. The number of benzene rings is 1. The second kappa shape index (κ2) is 6.40. The zero-order chi connectivity index (χ0) is 16.4. The smallest absolute Gasteiger partial charge is 0.217 e. The van der Waals surface area contributed by atoms with E-state index in [0.717, 1.165) is 17.0 Å². The number of hydrogen-bond donors (Lipinski definition) is 2. The van der Waals surface area contributed by atoms with Crippen LogP contribution in [0.5, 0.6) is 0 Å². The lowest BCUT2D eigenvalue weighted by atomic mass is 9.72. The standard InChI is InChI=1S/C17H23N5O/c1-11(23)19-9-12-6-14(8-15(18)7-12)16(13-4-3-5-13)17-21-20-10-22(17)2/h6-8,10,13,16H,3-5,9,18H2,1-2H3,(H,19,23). The van der Waals surface area contributed by atoms with Crippen LogP contribution in [0.3, 0.4) is 0 Å². The zero-order valence-electron chi connectivity index (χ0n) is 13.6. The quantitative estimate of drug-likeness (QED) is 0.826. The van der Waals surface area contributed by atoms with E-state index in [1.807, 2.05) is 23.7 Å². The Balaban J connectivity index is 1.95. The van der Waals surface area contributed by atoms with Crippen molar-refractivity contribution in [2.45, 2.75) is 38.6 Å². The highest BCUT2D eigenvalue weighted by Crippen LogP contribution is 2.43. The van der Waals surface area contributed by atoms with Crippen LogP contribution >= 0.6 is 0 Å². The molecule has 1 aliphatic carbocycles. The molecule has 0 aliphatic heterocycles. The summed E-state index contributed by atoms with van der Waals surface area (Å²) in [5.41, 5.74) is 8.99. The Labute approximate surface area is 136 Å². The molecule has 1 aromatic heterocycles. The number of nitrogens with zero attached hydrogens (tertiary/aromatic N) is 3. The third-order valence-corrected chi connectivity index (χ3v) is 4.58. The lowest BCUT2D eigenvalue weighted by Crippen LogP contribution is -2.24. The molecule has 1 aliphatic rings. The number of carbonyl (C=O) groups excluding carboxylic acids is 1. The summed E-state index contributed by atoms with van der Waals surface area (Å²) < 4.78 is 1.99. The number of nitrogens with two attached hydrogens (primary N) is 1. The number of carbonyl (C=O) groups is 1. The number of aryl methyl sites for hydroxylation is 1. The number of nitrogen functional groups attached to an aromatic ring is 1. The van der Waals surface area contributed by atoms with E-state index in [0.29, 0.717) is 18.2 Å². The fraction of sp³-hybridized carbons (Fsp3) is 0.471. The van der Waals surface area contributed by atoms with Crippen LogP contribution < -0.4 is 11.1 Å². The average molecular weight is 313 g/mol. The van der Waals surface area contributed by atoms with Gasteiger partial charge in [0.15, 0.2) is 0 Å². The first-order valence-corrected chi connectivity index (χ1v) is 8.02. The summed E-state index contributed by atoms with van der Waals surface area (Å²) >= 11 is 0. The molecule has 2 aromatic rings. The fourth-order valence-electron chi connectivity index (χ4n) is 3.23. The molecule has 1 fully saturated rings. The third-order valence-electron chi connectivity index (χ3n) is 4.58. The van der Waals surface area contributed by atoms with Gasteiger partial charge in [-0.2, -0.15) is 0 Å². The molecule has 0 radical (unpaired) electrons. The zero-order valence-corrected chi connectivity index (χ0v) is 13.6. The monoisotopic (exact) mass is 313 g/mol. The van der Waals surface area contributed by atoms with Gasteiger partial charge in [0.05, 0.1) is 0 Å². The van der Waals surface area contributed by atoms with Crippen LogP contribution in [-0.2, 0) is 18.4 Å². The number of aromatic nitrogens is 3. The summed E-state index contributed by atoms with van der Waals surface area (Å²) in [7, 11) is 1.98. The van der Waals surface area contributed by atoms with E-state index < -0.39 is 0 Å². The largest absolute Gasteiger partial charge is 0.399 e. The van der Waals surface area contributed by atoms with Crippen molar-refractivity contribution in [2.24, 2.45) is 13.0 Å². The summed E-state index contributed by atoms with van der Waals surface area (Å²) in [6, 6.07) is 6.06. The Morgan fingerprint density at radius 3 is 2.78 bits per heavy atom. The molecule has 0 saturated heterocycles. The predicted octanol–water partition coefficient (Wildman–Crippen LogP) is 1.97. The van der Waals surface area contributed by atoms with Gasteiger partial charge in [-0.05, 0) is 42.0 Å². The van der Waals surface area contributed by atoms with E-state index in [4.69, 9.17) is 5.73 Å². The van der Waals surface area contributed by atoms with E-state index >= 15 is 0 Å². The molecule has 6 heteroatoms. The van der Waals surface area contributed by atoms with E-state index in [2.05, 4.69) is 21.6 Å². The second-order valence-corrected chi connectivity index (χ2v) is 6.39. The molecular formula is C17H23N5O. The summed E-state index contributed by atoms with van der Waals surface area (Å²) in [4.78, 5) is 11.2. The van der Waals surface area contributed by atoms with Crippen LogP contribution in [0.4, 0.5) is 5.69 Å². The topological polar surface area (TPSA) is 85.8 Å². The van der Waals surface area contributed by atoms with Crippen LogP contribution in [0.15, 0.2) is 24.5 Å². The van der Waals surface area contributed by atoms with Gasteiger partial charge in [-0.15, -0.1) is 10.2 Å². The minimum absolute atomic E-state index is 0.0437. The van der Waals surface area contributed by atoms with Gasteiger partial charge < -0.3 is 15.6 Å². The Bertz CT molecular complexity index is 705. The molecule has 3 rings (SSSR count). The van der Waals surface area contributed by atoms with Gasteiger partial charge in [-0.1, -0.05) is 12.5 Å².